The Morgan fingerprint density at radius 3 is 2.89 bits per heavy atom. The Morgan fingerprint density at radius 2 is 2.21 bits per heavy atom. The van der Waals surface area contributed by atoms with Gasteiger partial charge >= 0.3 is 6.09 Å². The van der Waals surface area contributed by atoms with E-state index < -0.39 is 18.3 Å². The van der Waals surface area contributed by atoms with Crippen LogP contribution in [0.5, 0.6) is 0 Å². The van der Waals surface area contributed by atoms with Gasteiger partial charge in [0.05, 0.1) is 12.6 Å². The fourth-order valence-corrected chi connectivity index (χ4v) is 1.88. The predicted octanol–water partition coefficient (Wildman–Crippen LogP) is 2.66. The highest BCUT2D eigenvalue weighted by Gasteiger charge is 2.35. The third-order valence-electron chi connectivity index (χ3n) is 2.88. The second kappa shape index (κ2) is 6.06. The Bertz CT molecular complexity index is 490. The number of rotatable bonds is 3. The van der Waals surface area contributed by atoms with Crippen LogP contribution in [-0.4, -0.2) is 36.3 Å². The number of carbonyl (C=O) groups excluding carboxylic acids is 1. The van der Waals surface area contributed by atoms with Gasteiger partial charge in [-0.3, -0.25) is 0 Å². The van der Waals surface area contributed by atoms with E-state index in [9.17, 15) is 9.18 Å². The fraction of sp³-hybridized carbons (Fsp3) is 0.417. The van der Waals surface area contributed by atoms with Crippen molar-refractivity contribution in [3.8, 4) is 0 Å². The summed E-state index contributed by atoms with van der Waals surface area (Å²) >= 11 is 0. The van der Waals surface area contributed by atoms with Crippen LogP contribution in [0.4, 0.5) is 9.18 Å². The van der Waals surface area contributed by atoms with Crippen molar-refractivity contribution in [3.63, 3.8) is 0 Å². The summed E-state index contributed by atoms with van der Waals surface area (Å²) in [4.78, 5) is 15.5. The Labute approximate surface area is 109 Å². The maximum Gasteiger partial charge on any atom is 0.410 e. The largest absolute Gasteiger partial charge is 0.445 e. The van der Waals surface area contributed by atoms with Crippen LogP contribution in [0.15, 0.2) is 35.4 Å². The van der Waals surface area contributed by atoms with Gasteiger partial charge in [-0.05, 0) is 11.1 Å². The number of likely N-dealkylation sites (tertiary alicyclic amines) is 1. The highest BCUT2D eigenvalue weighted by Crippen LogP contribution is 2.18. The summed E-state index contributed by atoms with van der Waals surface area (Å²) in [6, 6.07) is 8.39. The van der Waals surface area contributed by atoms with E-state index in [1.54, 1.807) is 0 Å². The van der Waals surface area contributed by atoms with E-state index in [2.05, 4.69) is 10.0 Å². The zero-order valence-corrected chi connectivity index (χ0v) is 10.1. The highest BCUT2D eigenvalue weighted by atomic mass is 19.1. The molecule has 0 spiro atoms. The molecule has 1 heterocycles. The molecule has 1 aromatic rings. The maximum atomic E-state index is 13.4. The lowest BCUT2D eigenvalue weighted by molar-refractivity contribution is 0.102. The summed E-state index contributed by atoms with van der Waals surface area (Å²) in [6.45, 7) is 0.0927. The Morgan fingerprint density at radius 1 is 1.47 bits per heavy atom. The molecule has 19 heavy (non-hydrogen) atoms. The van der Waals surface area contributed by atoms with Crippen LogP contribution in [0.25, 0.3) is 10.4 Å². The number of hydrogen-bond donors (Lipinski definition) is 0. The van der Waals surface area contributed by atoms with E-state index in [1.807, 2.05) is 30.3 Å². The van der Waals surface area contributed by atoms with Crippen molar-refractivity contribution >= 4 is 6.09 Å². The first kappa shape index (κ1) is 13.2. The monoisotopic (exact) mass is 264 g/mol. The highest BCUT2D eigenvalue weighted by molar-refractivity contribution is 5.68. The lowest BCUT2D eigenvalue weighted by atomic mass is 10.2. The molecule has 6 nitrogen and oxygen atoms in total. The molecule has 1 saturated heterocycles. The van der Waals surface area contributed by atoms with Crippen LogP contribution in [-0.2, 0) is 11.3 Å². The van der Waals surface area contributed by atoms with E-state index in [-0.39, 0.29) is 19.7 Å². The predicted molar refractivity (Wildman–Crippen MR) is 66.0 cm³/mol. The van der Waals surface area contributed by atoms with Gasteiger partial charge < -0.3 is 9.64 Å². The molecule has 0 aliphatic carbocycles. The van der Waals surface area contributed by atoms with Gasteiger partial charge in [-0.15, -0.1) is 0 Å². The van der Waals surface area contributed by atoms with Crippen LogP contribution >= 0.6 is 0 Å². The van der Waals surface area contributed by atoms with E-state index in [0.717, 1.165) is 5.56 Å². The smallest absolute Gasteiger partial charge is 0.410 e. The van der Waals surface area contributed by atoms with Crippen molar-refractivity contribution < 1.29 is 13.9 Å². The van der Waals surface area contributed by atoms with Crippen molar-refractivity contribution in [3.05, 3.63) is 46.3 Å². The van der Waals surface area contributed by atoms with E-state index in [0.29, 0.717) is 0 Å². The zero-order valence-electron chi connectivity index (χ0n) is 10.1. The molecular formula is C12H13FN4O2. The second-order valence-corrected chi connectivity index (χ2v) is 4.23. The molecule has 0 radical (unpaired) electrons. The Hall–Kier alpha value is -2.27. The lowest BCUT2D eigenvalue weighted by Crippen LogP contribution is -2.30. The second-order valence-electron chi connectivity index (χ2n) is 4.23. The molecule has 0 N–H and O–H groups in total. The fourth-order valence-electron chi connectivity index (χ4n) is 1.88. The average molecular weight is 264 g/mol. The number of azide groups is 1. The van der Waals surface area contributed by atoms with Crippen molar-refractivity contribution in [1.29, 1.82) is 0 Å². The summed E-state index contributed by atoms with van der Waals surface area (Å²) in [5, 5.41) is 3.31. The standard InChI is InChI=1S/C12H13FN4O2/c13-10-6-17(7-11(10)15-16-14)12(18)19-8-9-4-2-1-3-5-9/h1-5,10-11H,6-8H2/t10-,11?/m1/s1. The molecule has 1 unspecified atom stereocenters. The summed E-state index contributed by atoms with van der Waals surface area (Å²) < 4.78 is 18.5. The number of amides is 1. The van der Waals surface area contributed by atoms with E-state index >= 15 is 0 Å². The Kier molecular flexibility index (Phi) is 4.20. The number of nitrogens with zero attached hydrogens (tertiary/aromatic N) is 4. The van der Waals surface area contributed by atoms with Crippen molar-refractivity contribution in [2.24, 2.45) is 5.11 Å². The quantitative estimate of drug-likeness (QED) is 0.478. The normalized spacial score (nSPS) is 21.8. The lowest BCUT2D eigenvalue weighted by Gasteiger charge is -2.15. The Balaban J connectivity index is 1.86. The van der Waals surface area contributed by atoms with Crippen LogP contribution in [0.1, 0.15) is 5.56 Å². The first-order chi connectivity index (χ1) is 9.20. The molecule has 2 atom stereocenters. The third-order valence-corrected chi connectivity index (χ3v) is 2.88. The minimum Gasteiger partial charge on any atom is -0.445 e. The number of benzene rings is 1. The van der Waals surface area contributed by atoms with Gasteiger partial charge in [0.25, 0.3) is 0 Å². The molecule has 0 aromatic heterocycles. The summed E-state index contributed by atoms with van der Waals surface area (Å²) in [5.74, 6) is 0. The molecule has 7 heteroatoms. The van der Waals surface area contributed by atoms with Gasteiger partial charge in [-0.2, -0.15) is 0 Å². The SMILES string of the molecule is [N-]=[N+]=NC1CN(C(=O)OCc2ccccc2)C[C@H]1F. The number of carbonyl (C=O) groups is 1. The third kappa shape index (κ3) is 3.35. The maximum absolute atomic E-state index is 13.4. The molecule has 0 bridgehead atoms. The van der Waals surface area contributed by atoms with Gasteiger partial charge in [0.2, 0.25) is 0 Å². The molecule has 0 saturated carbocycles. The molecule has 1 fully saturated rings. The van der Waals surface area contributed by atoms with Crippen molar-refractivity contribution in [2.45, 2.75) is 18.8 Å². The topological polar surface area (TPSA) is 78.3 Å². The minimum atomic E-state index is -1.33. The number of hydrogen-bond acceptors (Lipinski definition) is 3. The van der Waals surface area contributed by atoms with E-state index in [4.69, 9.17) is 10.3 Å². The van der Waals surface area contributed by atoms with Gasteiger partial charge in [-0.1, -0.05) is 35.4 Å². The number of halogens is 1. The van der Waals surface area contributed by atoms with Gasteiger partial charge in [0.15, 0.2) is 0 Å². The van der Waals surface area contributed by atoms with Crippen molar-refractivity contribution in [2.75, 3.05) is 13.1 Å². The van der Waals surface area contributed by atoms with Crippen molar-refractivity contribution in [1.82, 2.24) is 4.90 Å². The number of ether oxygens (including phenoxy) is 1. The first-order valence-electron chi connectivity index (χ1n) is 5.84. The zero-order chi connectivity index (χ0) is 13.7. The molecular weight excluding hydrogens is 251 g/mol. The number of alkyl halides is 1. The molecule has 2 rings (SSSR count). The minimum absolute atomic E-state index is 0.0544. The van der Waals surface area contributed by atoms with Gasteiger partial charge in [0.1, 0.15) is 12.8 Å². The van der Waals surface area contributed by atoms with Gasteiger partial charge in [0, 0.05) is 11.5 Å². The molecule has 1 aliphatic heterocycles. The van der Waals surface area contributed by atoms with Crippen LogP contribution in [0, 0.1) is 0 Å². The van der Waals surface area contributed by atoms with Crippen LogP contribution in [0.2, 0.25) is 0 Å². The van der Waals surface area contributed by atoms with Crippen LogP contribution in [0.3, 0.4) is 0 Å². The van der Waals surface area contributed by atoms with Crippen LogP contribution < -0.4 is 0 Å². The molecule has 100 valence electrons. The molecule has 1 aliphatic rings. The summed E-state index contributed by atoms with van der Waals surface area (Å²) in [5.41, 5.74) is 9.14. The van der Waals surface area contributed by atoms with Gasteiger partial charge in [-0.25, -0.2) is 9.18 Å². The summed E-state index contributed by atoms with van der Waals surface area (Å²) in [6.07, 6.45) is -1.93. The first-order valence-corrected chi connectivity index (χ1v) is 5.84. The average Bonchev–Trinajstić information content (AvgIpc) is 2.79. The van der Waals surface area contributed by atoms with E-state index in [1.165, 1.54) is 4.90 Å². The molecule has 1 aromatic carbocycles. The molecule has 1 amide bonds. The summed E-state index contributed by atoms with van der Waals surface area (Å²) in [7, 11) is 0.